The fourth-order valence-corrected chi connectivity index (χ4v) is 9.68. The van der Waals surface area contributed by atoms with Crippen molar-refractivity contribution in [2.24, 2.45) is 5.92 Å². The number of unbranched alkanes of at least 4 members (excludes halogenated alkanes) is 14. The molecule has 7 N–H and O–H groups in total. The molecule has 8 atom stereocenters. The van der Waals surface area contributed by atoms with Crippen LogP contribution in [-0.4, -0.2) is 96.9 Å². The zero-order valence-corrected chi connectivity index (χ0v) is 44.8. The summed E-state index contributed by atoms with van der Waals surface area (Å²) in [5.41, 5.74) is 4.58. The molecule has 0 amide bonds. The lowest BCUT2D eigenvalue weighted by atomic mass is 10.0. The van der Waals surface area contributed by atoms with Gasteiger partial charge in [-0.25, -0.2) is 13.9 Å². The van der Waals surface area contributed by atoms with Gasteiger partial charge < -0.3 is 45.1 Å². The molecule has 21 heteroatoms. The van der Waals surface area contributed by atoms with E-state index >= 15 is 0 Å². The summed E-state index contributed by atoms with van der Waals surface area (Å²) in [5.74, 6) is -0.597. The first-order chi connectivity index (χ1) is 34.4. The number of carbonyl (C=O) groups excluding carboxylic acids is 2. The van der Waals surface area contributed by atoms with Crippen LogP contribution >= 0.6 is 15.6 Å². The molecule has 412 valence electrons. The summed E-state index contributed by atoms with van der Waals surface area (Å²) in [6.45, 7) is 3.97. The minimum atomic E-state index is -5.44. The van der Waals surface area contributed by atoms with E-state index in [1.807, 2.05) is 18.2 Å². The van der Waals surface area contributed by atoms with Crippen LogP contribution in [0.1, 0.15) is 181 Å². The molecule has 1 fully saturated rings. The number of nitrogens with two attached hydrogens (primary N) is 1. The van der Waals surface area contributed by atoms with Crippen molar-refractivity contribution >= 4 is 33.4 Å². The molecule has 1 aromatic rings. The van der Waals surface area contributed by atoms with E-state index in [-0.39, 0.29) is 24.8 Å². The van der Waals surface area contributed by atoms with Crippen molar-refractivity contribution in [2.45, 2.75) is 212 Å². The molecule has 1 aliphatic rings. The average Bonchev–Trinajstić information content (AvgIpc) is 3.59. The Bertz CT molecular complexity index is 1930. The third-order valence-corrected chi connectivity index (χ3v) is 14.2. The minimum Gasteiger partial charge on any atom is -0.462 e. The fraction of sp³-hybridized carbons (Fsp3) is 0.725. The number of phosphoric acid groups is 2. The van der Waals surface area contributed by atoms with Gasteiger partial charge in [-0.2, -0.15) is 9.29 Å². The second-order valence-electron chi connectivity index (χ2n) is 18.8. The molecule has 1 aliphatic heterocycles. The molecular weight excluding hydrogens is 973 g/mol. The van der Waals surface area contributed by atoms with Gasteiger partial charge in [0.1, 0.15) is 30.7 Å². The maximum Gasteiger partial charge on any atom is 0.481 e. The van der Waals surface area contributed by atoms with E-state index < -0.39 is 83.7 Å². The lowest BCUT2D eigenvalue weighted by Gasteiger charge is -2.21. The Hall–Kier alpha value is -3.32. The summed E-state index contributed by atoms with van der Waals surface area (Å²) < 4.78 is 56.7. The van der Waals surface area contributed by atoms with Crippen LogP contribution in [0.4, 0.5) is 5.82 Å². The molecule has 19 nitrogen and oxygen atoms in total. The molecule has 2 rings (SSSR count). The fourth-order valence-electron chi connectivity index (χ4n) is 7.57. The molecule has 0 aromatic carbocycles. The zero-order chi connectivity index (χ0) is 53.0. The number of allylic oxidation sites excluding steroid dienone is 8. The van der Waals surface area contributed by atoms with Crippen LogP contribution in [-0.2, 0) is 46.3 Å². The van der Waals surface area contributed by atoms with Crippen LogP contribution in [0.25, 0.3) is 0 Å². The first-order valence-electron chi connectivity index (χ1n) is 26.0. The van der Waals surface area contributed by atoms with Gasteiger partial charge >= 0.3 is 33.3 Å². The minimum absolute atomic E-state index is 0.0376. The number of nitrogens with zero attached hydrogens (tertiary/aromatic N) is 2. The number of carbonyl (C=O) groups is 2. The molecule has 0 radical (unpaired) electrons. The van der Waals surface area contributed by atoms with Gasteiger partial charge in [0.25, 0.3) is 0 Å². The van der Waals surface area contributed by atoms with Crippen LogP contribution in [0, 0.1) is 5.92 Å². The van der Waals surface area contributed by atoms with Crippen molar-refractivity contribution in [3.63, 3.8) is 0 Å². The Balaban J connectivity index is 1.82. The van der Waals surface area contributed by atoms with Crippen LogP contribution in [0.3, 0.4) is 0 Å². The molecule has 0 bridgehead atoms. The van der Waals surface area contributed by atoms with E-state index in [1.165, 1.54) is 63.9 Å². The predicted octanol–water partition coefficient (Wildman–Crippen LogP) is 9.77. The van der Waals surface area contributed by atoms with E-state index in [4.69, 9.17) is 29.0 Å². The standard InChI is InChI=1S/C51H87N3O16P2/c1-41(2)32-28-24-20-16-12-8-7-11-14-18-22-26-30-34-46(56)65-38-43(68-47(57)35-31-27-23-19-15-10-6-4-5-9-13-17-21-25-29-33-42(3)55)39-66-71(61,62)70-72(63,64)67-40-44-48(58)49(59)50(69-44)54-37-36-45(52)53-51(54)60/h5-6,9-10,17,19,21,23,36-37,41-44,48-50,55,58-59H,4,7-8,11-16,18,20,22,24-35,38-40H2,1-3H3,(H,61,62)(H,63,64)(H2,52,53,60)/b9-5-,10-6-,21-17-,23-19-/t42-,43+,44+,48+,49+,50+/m0/s1. The van der Waals surface area contributed by atoms with Gasteiger partial charge in [-0.3, -0.25) is 23.2 Å². The number of hydrogen-bond donors (Lipinski definition) is 6. The first-order valence-corrected chi connectivity index (χ1v) is 29.0. The van der Waals surface area contributed by atoms with E-state index in [0.717, 1.165) is 74.5 Å². The van der Waals surface area contributed by atoms with Crippen LogP contribution in [0.5, 0.6) is 0 Å². The summed E-state index contributed by atoms with van der Waals surface area (Å²) in [4.78, 5) is 61.9. The van der Waals surface area contributed by atoms with E-state index in [1.54, 1.807) is 6.92 Å². The summed E-state index contributed by atoms with van der Waals surface area (Å²) >= 11 is 0. The molecule has 0 spiro atoms. The quantitative estimate of drug-likeness (QED) is 0.0154. The average molecular weight is 1060 g/mol. The largest absolute Gasteiger partial charge is 0.481 e. The van der Waals surface area contributed by atoms with Gasteiger partial charge in [-0.15, -0.1) is 0 Å². The molecule has 1 saturated heterocycles. The van der Waals surface area contributed by atoms with Crippen LogP contribution < -0.4 is 11.4 Å². The van der Waals surface area contributed by atoms with Crippen molar-refractivity contribution in [2.75, 3.05) is 25.6 Å². The Morgan fingerprint density at radius 2 is 1.22 bits per heavy atom. The number of nitrogen functional groups attached to an aromatic ring is 1. The van der Waals surface area contributed by atoms with E-state index in [2.05, 4.69) is 53.5 Å². The molecule has 72 heavy (non-hydrogen) atoms. The maximum atomic E-state index is 12.9. The molecule has 2 unspecified atom stereocenters. The highest BCUT2D eigenvalue weighted by atomic mass is 31.3. The number of aromatic nitrogens is 2. The summed E-state index contributed by atoms with van der Waals surface area (Å²) in [7, 11) is -10.9. The number of rotatable bonds is 42. The van der Waals surface area contributed by atoms with Crippen molar-refractivity contribution in [3.8, 4) is 0 Å². The zero-order valence-electron chi connectivity index (χ0n) is 43.0. The maximum absolute atomic E-state index is 12.9. The Morgan fingerprint density at radius 3 is 1.78 bits per heavy atom. The SMILES string of the molecule is CC(C)CCCCCCCCCCCCCCCC(=O)OC[C@H](COP(=O)(O)OP(=O)(O)OC[C@H]1O[C@@H](n2ccc(N)nc2=O)[C@H](O)[C@@H]1O)OC(=O)CCC/C=C\C/C=C\C/C=C\C/C=C\CCC[C@H](C)O. The molecular formula is C51H87N3O16P2. The number of aliphatic hydroxyl groups is 3. The topological polar surface area (TPSA) is 286 Å². The molecule has 0 aliphatic carbocycles. The molecule has 0 saturated carbocycles. The number of aliphatic hydroxyl groups excluding tert-OH is 3. The first kappa shape index (κ1) is 64.8. The van der Waals surface area contributed by atoms with Gasteiger partial charge in [0, 0.05) is 19.0 Å². The highest BCUT2D eigenvalue weighted by Gasteiger charge is 2.46. The third kappa shape index (κ3) is 32.1. The van der Waals surface area contributed by atoms with Crippen LogP contribution in [0.2, 0.25) is 0 Å². The number of hydrogen-bond acceptors (Lipinski definition) is 16. The predicted molar refractivity (Wildman–Crippen MR) is 276 cm³/mol. The Morgan fingerprint density at radius 1 is 0.708 bits per heavy atom. The highest BCUT2D eigenvalue weighted by molar-refractivity contribution is 7.61. The molecule has 2 heterocycles. The number of esters is 2. The lowest BCUT2D eigenvalue weighted by molar-refractivity contribution is -0.161. The van der Waals surface area contributed by atoms with Crippen molar-refractivity contribution in [3.05, 3.63) is 71.4 Å². The second kappa shape index (κ2) is 38.3. The van der Waals surface area contributed by atoms with Gasteiger partial charge in [0.15, 0.2) is 12.3 Å². The van der Waals surface area contributed by atoms with Gasteiger partial charge in [-0.05, 0) is 76.7 Å². The second-order valence-corrected chi connectivity index (χ2v) is 21.8. The van der Waals surface area contributed by atoms with Gasteiger partial charge in [-0.1, -0.05) is 146 Å². The van der Waals surface area contributed by atoms with E-state index in [0.29, 0.717) is 25.7 Å². The third-order valence-electron chi connectivity index (χ3n) is 11.6. The normalized spacial score (nSPS) is 20.0. The monoisotopic (exact) mass is 1060 g/mol. The summed E-state index contributed by atoms with van der Waals surface area (Å²) in [6.07, 6.45) is 31.9. The number of phosphoric ester groups is 2. The number of ether oxygens (including phenoxy) is 3. The highest BCUT2D eigenvalue weighted by Crippen LogP contribution is 2.60. The molecule has 1 aromatic heterocycles. The summed E-state index contributed by atoms with van der Waals surface area (Å²) in [6, 6.07) is 1.24. The van der Waals surface area contributed by atoms with Crippen molar-refractivity contribution in [1.82, 2.24) is 9.55 Å². The smallest absolute Gasteiger partial charge is 0.462 e. The van der Waals surface area contributed by atoms with Crippen molar-refractivity contribution in [1.29, 1.82) is 0 Å². The van der Waals surface area contributed by atoms with E-state index in [9.17, 15) is 48.6 Å². The van der Waals surface area contributed by atoms with Crippen molar-refractivity contribution < 1.29 is 71.4 Å². The summed E-state index contributed by atoms with van der Waals surface area (Å²) in [5, 5.41) is 30.2. The van der Waals surface area contributed by atoms with Gasteiger partial charge in [0.05, 0.1) is 19.3 Å². The lowest BCUT2D eigenvalue weighted by Crippen LogP contribution is -2.36. The van der Waals surface area contributed by atoms with Crippen LogP contribution in [0.15, 0.2) is 65.7 Å². The van der Waals surface area contributed by atoms with Gasteiger partial charge in [0.2, 0.25) is 0 Å². The Labute approximate surface area is 427 Å². The Kier molecular flexibility index (Phi) is 34.4. The number of anilines is 1.